The molecule has 5 nitrogen and oxygen atoms in total. The lowest BCUT2D eigenvalue weighted by molar-refractivity contribution is -0.144. The number of fused-ring (bicyclic) bond motifs is 1. The molecule has 0 aliphatic carbocycles. The van der Waals surface area contributed by atoms with Crippen molar-refractivity contribution in [2.24, 2.45) is 7.05 Å². The SMILES string of the molecule is C[C@H](O)c1nc2ccccc2n1Cc1cnn(C)c1C(F)(F)F. The first-order valence-electron chi connectivity index (χ1n) is 7.00. The monoisotopic (exact) mass is 324 g/mol. The van der Waals surface area contributed by atoms with Gasteiger partial charge in [0.1, 0.15) is 17.6 Å². The zero-order valence-electron chi connectivity index (χ0n) is 12.5. The number of hydrogen-bond donors (Lipinski definition) is 1. The maximum absolute atomic E-state index is 13.2. The second-order valence-electron chi connectivity index (χ2n) is 5.36. The van der Waals surface area contributed by atoms with Gasteiger partial charge in [-0.15, -0.1) is 0 Å². The molecule has 0 amide bonds. The molecule has 0 unspecified atom stereocenters. The molecule has 0 radical (unpaired) electrons. The highest BCUT2D eigenvalue weighted by atomic mass is 19.4. The average Bonchev–Trinajstić information content (AvgIpc) is 3.00. The van der Waals surface area contributed by atoms with E-state index in [2.05, 4.69) is 10.1 Å². The minimum atomic E-state index is -4.50. The van der Waals surface area contributed by atoms with Crippen LogP contribution in [0, 0.1) is 0 Å². The highest BCUT2D eigenvalue weighted by molar-refractivity contribution is 5.76. The molecule has 23 heavy (non-hydrogen) atoms. The number of aromatic nitrogens is 4. The Balaban J connectivity index is 2.14. The summed E-state index contributed by atoms with van der Waals surface area (Å²) in [5.41, 5.74) is 0.526. The Morgan fingerprint density at radius 3 is 2.61 bits per heavy atom. The lowest BCUT2D eigenvalue weighted by Gasteiger charge is -2.13. The number of nitrogens with zero attached hydrogens (tertiary/aromatic N) is 4. The number of halogens is 3. The molecular formula is C15H15F3N4O. The van der Waals surface area contributed by atoms with Gasteiger partial charge in [0.15, 0.2) is 0 Å². The molecule has 0 aliphatic heterocycles. The van der Waals surface area contributed by atoms with Gasteiger partial charge >= 0.3 is 6.18 Å². The number of aliphatic hydroxyl groups is 1. The van der Waals surface area contributed by atoms with Crippen LogP contribution in [0.25, 0.3) is 11.0 Å². The van der Waals surface area contributed by atoms with Gasteiger partial charge in [-0.25, -0.2) is 4.98 Å². The van der Waals surface area contributed by atoms with Gasteiger partial charge in [0, 0.05) is 12.6 Å². The van der Waals surface area contributed by atoms with Gasteiger partial charge in [-0.2, -0.15) is 18.3 Å². The largest absolute Gasteiger partial charge is 0.433 e. The number of imidazole rings is 1. The van der Waals surface area contributed by atoms with Crippen LogP contribution in [0.1, 0.15) is 30.1 Å². The molecule has 0 saturated heterocycles. The van der Waals surface area contributed by atoms with Gasteiger partial charge in [0.2, 0.25) is 0 Å². The van der Waals surface area contributed by atoms with E-state index in [9.17, 15) is 18.3 Å². The first kappa shape index (κ1) is 15.5. The third kappa shape index (κ3) is 2.70. The van der Waals surface area contributed by atoms with Gasteiger partial charge in [0.25, 0.3) is 0 Å². The van der Waals surface area contributed by atoms with Crippen molar-refractivity contribution in [3.05, 3.63) is 47.5 Å². The van der Waals surface area contributed by atoms with E-state index in [1.54, 1.807) is 28.8 Å². The number of para-hydroxylation sites is 2. The zero-order valence-corrected chi connectivity index (χ0v) is 12.5. The van der Waals surface area contributed by atoms with E-state index in [1.165, 1.54) is 20.2 Å². The Labute approximate surface area is 130 Å². The second-order valence-corrected chi connectivity index (χ2v) is 5.36. The molecule has 3 aromatic rings. The Kier molecular flexibility index (Phi) is 3.63. The number of aliphatic hydroxyl groups excluding tert-OH is 1. The first-order chi connectivity index (χ1) is 10.8. The summed E-state index contributed by atoms with van der Waals surface area (Å²) in [6.07, 6.45) is -4.20. The van der Waals surface area contributed by atoms with E-state index in [1.807, 2.05) is 0 Å². The predicted octanol–water partition coefficient (Wildman–Crippen LogP) is 2.89. The molecule has 1 atom stereocenters. The molecule has 0 bridgehead atoms. The second kappa shape index (κ2) is 5.38. The topological polar surface area (TPSA) is 55.9 Å². The molecule has 2 heterocycles. The molecule has 0 spiro atoms. The molecule has 1 N–H and O–H groups in total. The number of benzene rings is 1. The summed E-state index contributed by atoms with van der Waals surface area (Å²) in [6.45, 7) is 1.47. The Hall–Kier alpha value is -2.35. The van der Waals surface area contributed by atoms with Crippen LogP contribution < -0.4 is 0 Å². The Morgan fingerprint density at radius 1 is 1.26 bits per heavy atom. The molecule has 8 heteroatoms. The van der Waals surface area contributed by atoms with Gasteiger partial charge in [-0.05, 0) is 19.1 Å². The summed E-state index contributed by atoms with van der Waals surface area (Å²) < 4.78 is 42.0. The van der Waals surface area contributed by atoms with E-state index in [-0.39, 0.29) is 12.1 Å². The highest BCUT2D eigenvalue weighted by Gasteiger charge is 2.37. The van der Waals surface area contributed by atoms with Crippen LogP contribution in [0.15, 0.2) is 30.5 Å². The van der Waals surface area contributed by atoms with Gasteiger partial charge in [-0.1, -0.05) is 12.1 Å². The smallest absolute Gasteiger partial charge is 0.385 e. The standard InChI is InChI=1S/C15H15F3N4O/c1-9(23)14-20-11-5-3-4-6-12(11)22(14)8-10-7-19-21(2)13(10)15(16,17)18/h3-7,9,23H,8H2,1-2H3/t9-/m0/s1. The minimum Gasteiger partial charge on any atom is -0.385 e. The third-order valence-electron chi connectivity index (χ3n) is 3.67. The van der Waals surface area contributed by atoms with Gasteiger partial charge in [0.05, 0.1) is 23.8 Å². The molecule has 1 aromatic carbocycles. The van der Waals surface area contributed by atoms with Crippen LogP contribution in [0.4, 0.5) is 13.2 Å². The minimum absolute atomic E-state index is 0.0325. The zero-order chi connectivity index (χ0) is 16.8. The van der Waals surface area contributed by atoms with Crippen molar-refractivity contribution in [3.8, 4) is 0 Å². The molecule has 3 rings (SSSR count). The van der Waals surface area contributed by atoms with Crippen molar-refractivity contribution in [2.45, 2.75) is 25.7 Å². The number of aryl methyl sites for hydroxylation is 1. The van der Waals surface area contributed by atoms with Crippen molar-refractivity contribution in [2.75, 3.05) is 0 Å². The quantitative estimate of drug-likeness (QED) is 0.806. The van der Waals surface area contributed by atoms with E-state index < -0.39 is 18.0 Å². The maximum atomic E-state index is 13.2. The van der Waals surface area contributed by atoms with E-state index in [0.29, 0.717) is 16.9 Å². The highest BCUT2D eigenvalue weighted by Crippen LogP contribution is 2.33. The van der Waals surface area contributed by atoms with Crippen LogP contribution in [0.2, 0.25) is 0 Å². The third-order valence-corrected chi connectivity index (χ3v) is 3.67. The fourth-order valence-corrected chi connectivity index (χ4v) is 2.71. The summed E-state index contributed by atoms with van der Waals surface area (Å²) in [5.74, 6) is 0.322. The molecule has 122 valence electrons. The summed E-state index contributed by atoms with van der Waals surface area (Å²) in [7, 11) is 1.26. The summed E-state index contributed by atoms with van der Waals surface area (Å²) in [5, 5.41) is 13.6. The van der Waals surface area contributed by atoms with Crippen molar-refractivity contribution in [1.82, 2.24) is 19.3 Å². The van der Waals surface area contributed by atoms with Crippen LogP contribution in [-0.4, -0.2) is 24.4 Å². The predicted molar refractivity (Wildman–Crippen MR) is 77.7 cm³/mol. The van der Waals surface area contributed by atoms with Gasteiger partial charge < -0.3 is 9.67 Å². The number of hydrogen-bond acceptors (Lipinski definition) is 3. The van der Waals surface area contributed by atoms with Crippen LogP contribution in [0.5, 0.6) is 0 Å². The van der Waals surface area contributed by atoms with E-state index >= 15 is 0 Å². The van der Waals surface area contributed by atoms with Crippen LogP contribution in [0.3, 0.4) is 0 Å². The van der Waals surface area contributed by atoms with Crippen LogP contribution in [-0.2, 0) is 19.8 Å². The fraction of sp³-hybridized carbons (Fsp3) is 0.333. The van der Waals surface area contributed by atoms with Crippen molar-refractivity contribution < 1.29 is 18.3 Å². The Morgan fingerprint density at radius 2 is 1.96 bits per heavy atom. The van der Waals surface area contributed by atoms with Crippen molar-refractivity contribution in [1.29, 1.82) is 0 Å². The maximum Gasteiger partial charge on any atom is 0.433 e. The lowest BCUT2D eigenvalue weighted by atomic mass is 10.2. The molecule has 0 fully saturated rings. The van der Waals surface area contributed by atoms with Crippen molar-refractivity contribution >= 4 is 11.0 Å². The normalized spacial score (nSPS) is 13.7. The average molecular weight is 324 g/mol. The number of rotatable bonds is 3. The first-order valence-corrected chi connectivity index (χ1v) is 7.00. The van der Waals surface area contributed by atoms with E-state index in [0.717, 1.165) is 4.68 Å². The fourth-order valence-electron chi connectivity index (χ4n) is 2.71. The molecule has 0 aliphatic rings. The summed E-state index contributed by atoms with van der Waals surface area (Å²) in [6, 6.07) is 7.08. The molecule has 2 aromatic heterocycles. The lowest BCUT2D eigenvalue weighted by Crippen LogP contribution is -2.16. The number of alkyl halides is 3. The molecule has 0 saturated carbocycles. The Bertz CT molecular complexity index is 848. The van der Waals surface area contributed by atoms with E-state index in [4.69, 9.17) is 0 Å². The van der Waals surface area contributed by atoms with Gasteiger partial charge in [-0.3, -0.25) is 4.68 Å². The summed E-state index contributed by atoms with van der Waals surface area (Å²) >= 11 is 0. The summed E-state index contributed by atoms with van der Waals surface area (Å²) in [4.78, 5) is 4.31. The molecular weight excluding hydrogens is 309 g/mol. The van der Waals surface area contributed by atoms with Crippen LogP contribution >= 0.6 is 0 Å². The van der Waals surface area contributed by atoms with Crippen molar-refractivity contribution in [3.63, 3.8) is 0 Å².